The Bertz CT molecular complexity index is 588. The van der Waals surface area contributed by atoms with Crippen LogP contribution < -0.4 is 10.1 Å². The van der Waals surface area contributed by atoms with Crippen LogP contribution in [0.1, 0.15) is 32.9 Å². The average molecular weight is 334 g/mol. The van der Waals surface area contributed by atoms with Crippen LogP contribution in [0.15, 0.2) is 18.3 Å². The SMILES string of the molecule is CCC(Oc1ccnc(C(F)(F)F)c1)C(=O)NC(C)(C)C(=O)O. The Hall–Kier alpha value is -2.32. The molecule has 0 saturated carbocycles. The topological polar surface area (TPSA) is 88.5 Å². The van der Waals surface area contributed by atoms with E-state index < -0.39 is 35.4 Å². The molecule has 0 spiro atoms. The van der Waals surface area contributed by atoms with Gasteiger partial charge in [0.25, 0.3) is 5.91 Å². The van der Waals surface area contributed by atoms with Crippen LogP contribution in [-0.2, 0) is 15.8 Å². The number of nitrogens with one attached hydrogen (secondary N) is 1. The first-order valence-corrected chi connectivity index (χ1v) is 6.72. The van der Waals surface area contributed by atoms with Gasteiger partial charge in [-0.2, -0.15) is 13.2 Å². The van der Waals surface area contributed by atoms with E-state index in [2.05, 4.69) is 10.3 Å². The fourth-order valence-corrected chi connectivity index (χ4v) is 1.57. The second-order valence-corrected chi connectivity index (χ2v) is 5.31. The first-order chi connectivity index (χ1) is 10.5. The van der Waals surface area contributed by atoms with Gasteiger partial charge in [0.2, 0.25) is 0 Å². The summed E-state index contributed by atoms with van der Waals surface area (Å²) in [6, 6.07) is 1.87. The zero-order chi connectivity index (χ0) is 17.8. The minimum Gasteiger partial charge on any atom is -0.480 e. The summed E-state index contributed by atoms with van der Waals surface area (Å²) in [7, 11) is 0. The molecular formula is C14H17F3N2O4. The van der Waals surface area contributed by atoms with Crippen LogP contribution in [0.25, 0.3) is 0 Å². The fourth-order valence-electron chi connectivity index (χ4n) is 1.57. The number of alkyl halides is 3. The van der Waals surface area contributed by atoms with Crippen LogP contribution in [0.4, 0.5) is 13.2 Å². The molecule has 0 fully saturated rings. The van der Waals surface area contributed by atoms with Crippen LogP contribution in [-0.4, -0.2) is 33.6 Å². The van der Waals surface area contributed by atoms with E-state index in [-0.39, 0.29) is 12.2 Å². The molecule has 0 radical (unpaired) electrons. The molecule has 0 aliphatic rings. The minimum atomic E-state index is -4.63. The second kappa shape index (κ2) is 6.84. The summed E-state index contributed by atoms with van der Waals surface area (Å²) in [6.07, 6.45) is -4.69. The Morgan fingerprint density at radius 1 is 1.39 bits per heavy atom. The molecule has 1 aromatic rings. The van der Waals surface area contributed by atoms with E-state index in [9.17, 15) is 22.8 Å². The number of halogens is 3. The Balaban J connectivity index is 2.88. The molecule has 2 N–H and O–H groups in total. The lowest BCUT2D eigenvalue weighted by molar-refractivity contribution is -0.147. The van der Waals surface area contributed by atoms with Crippen molar-refractivity contribution in [3.05, 3.63) is 24.0 Å². The number of aliphatic carboxylic acids is 1. The predicted octanol–water partition coefficient (Wildman–Crippen LogP) is 2.24. The van der Waals surface area contributed by atoms with Gasteiger partial charge in [0.05, 0.1) is 0 Å². The first-order valence-electron chi connectivity index (χ1n) is 6.72. The average Bonchev–Trinajstić information content (AvgIpc) is 2.43. The fraction of sp³-hybridized carbons (Fsp3) is 0.500. The number of pyridine rings is 1. The molecular weight excluding hydrogens is 317 g/mol. The van der Waals surface area contributed by atoms with E-state index in [0.717, 1.165) is 6.20 Å². The smallest absolute Gasteiger partial charge is 0.433 e. The highest BCUT2D eigenvalue weighted by Gasteiger charge is 2.34. The van der Waals surface area contributed by atoms with Gasteiger partial charge in [0.1, 0.15) is 17.0 Å². The number of nitrogens with zero attached hydrogens (tertiary/aromatic N) is 1. The van der Waals surface area contributed by atoms with Gasteiger partial charge in [-0.05, 0) is 26.3 Å². The second-order valence-electron chi connectivity index (χ2n) is 5.31. The molecule has 1 rings (SSSR count). The van der Waals surface area contributed by atoms with E-state index in [0.29, 0.717) is 6.07 Å². The molecule has 0 bridgehead atoms. The summed E-state index contributed by atoms with van der Waals surface area (Å²) < 4.78 is 43.0. The number of amides is 1. The maximum atomic E-state index is 12.6. The first kappa shape index (κ1) is 18.7. The van der Waals surface area contributed by atoms with Crippen LogP contribution >= 0.6 is 0 Å². The number of carboxylic acids is 1. The van der Waals surface area contributed by atoms with Gasteiger partial charge in [-0.3, -0.25) is 9.78 Å². The van der Waals surface area contributed by atoms with Gasteiger partial charge < -0.3 is 15.2 Å². The quantitative estimate of drug-likeness (QED) is 0.833. The van der Waals surface area contributed by atoms with E-state index in [1.165, 1.54) is 19.9 Å². The lowest BCUT2D eigenvalue weighted by atomic mass is 10.1. The summed E-state index contributed by atoms with van der Waals surface area (Å²) in [5, 5.41) is 11.2. The minimum absolute atomic E-state index is 0.144. The number of hydrogen-bond donors (Lipinski definition) is 2. The number of carbonyl (C=O) groups is 2. The van der Waals surface area contributed by atoms with Gasteiger partial charge in [0.15, 0.2) is 6.10 Å². The molecule has 1 unspecified atom stereocenters. The number of rotatable bonds is 6. The molecule has 6 nitrogen and oxygen atoms in total. The molecule has 0 saturated heterocycles. The van der Waals surface area contributed by atoms with Crippen LogP contribution in [0.5, 0.6) is 5.75 Å². The van der Waals surface area contributed by atoms with E-state index in [1.54, 1.807) is 6.92 Å². The summed E-state index contributed by atoms with van der Waals surface area (Å²) in [6.45, 7) is 4.16. The molecule has 1 amide bonds. The lowest BCUT2D eigenvalue weighted by Gasteiger charge is -2.25. The standard InChI is InChI=1S/C14H17F3N2O4/c1-4-9(11(20)19-13(2,3)12(21)22)23-8-5-6-18-10(7-8)14(15,16)17/h5-7,9H,4H2,1-3H3,(H,19,20)(H,21,22). The molecule has 0 aliphatic heterocycles. The van der Waals surface area contributed by atoms with Gasteiger partial charge in [-0.1, -0.05) is 6.92 Å². The molecule has 1 atom stereocenters. The highest BCUT2D eigenvalue weighted by Crippen LogP contribution is 2.29. The Morgan fingerprint density at radius 2 is 2.00 bits per heavy atom. The number of carboxylic acid groups (broad SMARTS) is 1. The highest BCUT2D eigenvalue weighted by molar-refractivity contribution is 5.88. The summed E-state index contributed by atoms with van der Waals surface area (Å²) in [5.74, 6) is -2.16. The highest BCUT2D eigenvalue weighted by atomic mass is 19.4. The third-order valence-corrected chi connectivity index (χ3v) is 2.93. The van der Waals surface area contributed by atoms with E-state index in [4.69, 9.17) is 9.84 Å². The summed E-state index contributed by atoms with van der Waals surface area (Å²) >= 11 is 0. The zero-order valence-corrected chi connectivity index (χ0v) is 12.8. The van der Waals surface area contributed by atoms with Crippen molar-refractivity contribution in [3.8, 4) is 5.75 Å². The Labute approximate surface area is 130 Å². The molecule has 0 aromatic carbocycles. The zero-order valence-electron chi connectivity index (χ0n) is 12.8. The Kier molecular flexibility index (Phi) is 5.57. The molecule has 128 valence electrons. The lowest BCUT2D eigenvalue weighted by Crippen LogP contribution is -2.53. The maximum absolute atomic E-state index is 12.6. The van der Waals surface area contributed by atoms with Crippen molar-refractivity contribution in [2.45, 2.75) is 45.0 Å². The molecule has 23 heavy (non-hydrogen) atoms. The van der Waals surface area contributed by atoms with Crippen molar-refractivity contribution in [2.75, 3.05) is 0 Å². The number of aromatic nitrogens is 1. The van der Waals surface area contributed by atoms with Gasteiger partial charge in [-0.25, -0.2) is 4.79 Å². The number of hydrogen-bond acceptors (Lipinski definition) is 4. The van der Waals surface area contributed by atoms with Crippen molar-refractivity contribution in [1.82, 2.24) is 10.3 Å². The van der Waals surface area contributed by atoms with Crippen LogP contribution in [0.3, 0.4) is 0 Å². The van der Waals surface area contributed by atoms with Crippen molar-refractivity contribution >= 4 is 11.9 Å². The normalized spacial score (nSPS) is 13.3. The largest absolute Gasteiger partial charge is 0.480 e. The number of carbonyl (C=O) groups excluding carboxylic acids is 1. The monoisotopic (exact) mass is 334 g/mol. The maximum Gasteiger partial charge on any atom is 0.433 e. The van der Waals surface area contributed by atoms with Crippen molar-refractivity contribution in [1.29, 1.82) is 0 Å². The van der Waals surface area contributed by atoms with Gasteiger partial charge >= 0.3 is 12.1 Å². The molecule has 0 aliphatic carbocycles. The summed E-state index contributed by atoms with van der Waals surface area (Å²) in [5.41, 5.74) is -2.67. The van der Waals surface area contributed by atoms with Gasteiger partial charge in [-0.15, -0.1) is 0 Å². The van der Waals surface area contributed by atoms with E-state index in [1.807, 2.05) is 0 Å². The van der Waals surface area contributed by atoms with Crippen LogP contribution in [0.2, 0.25) is 0 Å². The van der Waals surface area contributed by atoms with Crippen molar-refractivity contribution < 1.29 is 32.6 Å². The van der Waals surface area contributed by atoms with Crippen molar-refractivity contribution in [2.24, 2.45) is 0 Å². The predicted molar refractivity (Wildman–Crippen MR) is 73.8 cm³/mol. The van der Waals surface area contributed by atoms with Gasteiger partial charge in [0, 0.05) is 12.3 Å². The molecule has 1 heterocycles. The van der Waals surface area contributed by atoms with Crippen LogP contribution in [0, 0.1) is 0 Å². The molecule has 9 heteroatoms. The third kappa shape index (κ3) is 5.11. The van der Waals surface area contributed by atoms with Crippen molar-refractivity contribution in [3.63, 3.8) is 0 Å². The third-order valence-electron chi connectivity index (χ3n) is 2.93. The molecule has 1 aromatic heterocycles. The van der Waals surface area contributed by atoms with E-state index >= 15 is 0 Å². The summed E-state index contributed by atoms with van der Waals surface area (Å²) in [4.78, 5) is 26.2. The number of ether oxygens (including phenoxy) is 1. The Morgan fingerprint density at radius 3 is 2.48 bits per heavy atom.